The molecule has 1 aliphatic carbocycles. The lowest BCUT2D eigenvalue weighted by molar-refractivity contribution is -0.146. The second-order valence-electron chi connectivity index (χ2n) is 6.92. The molecule has 26 heavy (non-hydrogen) atoms. The maximum atomic E-state index is 12.9. The van der Waals surface area contributed by atoms with E-state index in [1.54, 1.807) is 0 Å². The topological polar surface area (TPSA) is 55.7 Å². The summed E-state index contributed by atoms with van der Waals surface area (Å²) in [6.07, 6.45) is 3.94. The number of carbonyl (C=O) groups is 2. The monoisotopic (exact) mass is 417 g/mol. The molecule has 0 spiro atoms. The molecule has 1 heterocycles. The highest BCUT2D eigenvalue weighted by molar-refractivity contribution is 9.10. The molecule has 2 aliphatic rings. The van der Waals surface area contributed by atoms with Gasteiger partial charge in [0.15, 0.2) is 5.78 Å². The third-order valence-corrected chi connectivity index (χ3v) is 5.53. The summed E-state index contributed by atoms with van der Waals surface area (Å²) < 4.78 is 6.45. The highest BCUT2D eigenvalue weighted by Gasteiger charge is 2.43. The molecule has 0 fully saturated rings. The third-order valence-electron chi connectivity index (χ3n) is 5.04. The van der Waals surface area contributed by atoms with Gasteiger partial charge in [-0.2, -0.15) is 0 Å². The van der Waals surface area contributed by atoms with Crippen LogP contribution in [0.1, 0.15) is 57.4 Å². The van der Waals surface area contributed by atoms with Gasteiger partial charge in [0.2, 0.25) is 0 Å². The second-order valence-corrected chi connectivity index (χ2v) is 7.84. The summed E-state index contributed by atoms with van der Waals surface area (Å²) in [5.74, 6) is -1.03. The molecule has 0 saturated carbocycles. The Morgan fingerprint density at radius 1 is 1.35 bits per heavy atom. The number of nitrogens with zero attached hydrogens (tertiary/aromatic N) is 1. The number of ketones is 1. The van der Waals surface area contributed by atoms with E-state index in [0.29, 0.717) is 18.6 Å². The van der Waals surface area contributed by atoms with Crippen molar-refractivity contribution in [1.82, 2.24) is 0 Å². The van der Waals surface area contributed by atoms with Crippen LogP contribution in [0.3, 0.4) is 0 Å². The maximum absolute atomic E-state index is 12.9. The highest BCUT2D eigenvalue weighted by atomic mass is 79.9. The molecule has 0 N–H and O–H groups in total. The number of halogens is 1. The molecule has 0 amide bonds. The van der Waals surface area contributed by atoms with Crippen LogP contribution < -0.4 is 0 Å². The Hall–Kier alpha value is -1.75. The zero-order chi connectivity index (χ0) is 18.7. The van der Waals surface area contributed by atoms with Crippen LogP contribution in [0, 0.1) is 5.92 Å². The van der Waals surface area contributed by atoms with Crippen molar-refractivity contribution in [3.63, 3.8) is 0 Å². The number of allylic oxidation sites excluding steroid dienone is 2. The van der Waals surface area contributed by atoms with Crippen LogP contribution in [0.15, 0.2) is 45.0 Å². The summed E-state index contributed by atoms with van der Waals surface area (Å²) in [4.78, 5) is 30.3. The Bertz CT molecular complexity index is 781. The smallest absolute Gasteiger partial charge is 0.315 e. The number of benzene rings is 1. The quantitative estimate of drug-likeness (QED) is 0.501. The molecule has 0 saturated heterocycles. The number of esters is 1. The van der Waals surface area contributed by atoms with Crippen LogP contribution in [0.4, 0.5) is 0 Å². The van der Waals surface area contributed by atoms with E-state index in [1.165, 1.54) is 0 Å². The minimum atomic E-state index is -0.540. The van der Waals surface area contributed by atoms with E-state index in [2.05, 4.69) is 27.8 Å². The number of Topliss-reactive ketones (excluding diaryl/α,β-unsaturated/α-hetero) is 1. The van der Waals surface area contributed by atoms with Crippen LogP contribution in [0.25, 0.3) is 0 Å². The van der Waals surface area contributed by atoms with E-state index in [0.717, 1.165) is 47.1 Å². The van der Waals surface area contributed by atoms with E-state index < -0.39 is 5.92 Å². The molecular formula is C21H24BrNO3. The van der Waals surface area contributed by atoms with Crippen LogP contribution in [-0.2, 0) is 14.3 Å². The number of hydrogen-bond donors (Lipinski definition) is 0. The predicted molar refractivity (Wildman–Crippen MR) is 105 cm³/mol. The summed E-state index contributed by atoms with van der Waals surface area (Å²) >= 11 is 3.51. The lowest BCUT2D eigenvalue weighted by Gasteiger charge is -2.34. The first kappa shape index (κ1) is 19.0. The Balaban J connectivity index is 2.04. The average molecular weight is 418 g/mol. The number of rotatable bonds is 5. The molecule has 1 aliphatic heterocycles. The lowest BCUT2D eigenvalue weighted by atomic mass is 9.72. The zero-order valence-corrected chi connectivity index (χ0v) is 16.8. The molecule has 2 atom stereocenters. The van der Waals surface area contributed by atoms with Gasteiger partial charge in [-0.3, -0.25) is 14.6 Å². The molecule has 0 aromatic heterocycles. The Labute approximate surface area is 162 Å². The first-order valence-corrected chi connectivity index (χ1v) is 10.1. The first-order chi connectivity index (χ1) is 12.5. The predicted octanol–water partition coefficient (Wildman–Crippen LogP) is 4.97. The molecule has 0 radical (unpaired) electrons. The lowest BCUT2D eigenvalue weighted by Crippen LogP contribution is -2.37. The minimum Gasteiger partial charge on any atom is -0.465 e. The summed E-state index contributed by atoms with van der Waals surface area (Å²) in [7, 11) is 0. The summed E-state index contributed by atoms with van der Waals surface area (Å²) in [6.45, 7) is 4.34. The fraction of sp³-hybridized carbons (Fsp3) is 0.476. The van der Waals surface area contributed by atoms with Gasteiger partial charge in [-0.25, -0.2) is 0 Å². The molecule has 3 rings (SSSR count). The molecule has 1 unspecified atom stereocenters. The largest absolute Gasteiger partial charge is 0.465 e. The van der Waals surface area contributed by atoms with Crippen LogP contribution >= 0.6 is 15.9 Å². The number of aliphatic imine (C=N–C) groups is 1. The number of carbonyl (C=O) groups excluding carboxylic acids is 2. The van der Waals surface area contributed by atoms with E-state index >= 15 is 0 Å². The average Bonchev–Trinajstić information content (AvgIpc) is 2.61. The van der Waals surface area contributed by atoms with Gasteiger partial charge in [0.05, 0.1) is 6.61 Å². The van der Waals surface area contributed by atoms with Gasteiger partial charge in [-0.15, -0.1) is 0 Å². The summed E-state index contributed by atoms with van der Waals surface area (Å²) in [5.41, 5.74) is 3.25. The van der Waals surface area contributed by atoms with Crippen LogP contribution in [0.5, 0.6) is 0 Å². The van der Waals surface area contributed by atoms with Gasteiger partial charge in [-0.1, -0.05) is 41.4 Å². The zero-order valence-electron chi connectivity index (χ0n) is 15.3. The van der Waals surface area contributed by atoms with Gasteiger partial charge in [0.1, 0.15) is 5.92 Å². The normalized spacial score (nSPS) is 22.7. The molecule has 0 bridgehead atoms. The Morgan fingerprint density at radius 3 is 2.88 bits per heavy atom. The first-order valence-electron chi connectivity index (χ1n) is 9.26. The van der Waals surface area contributed by atoms with Crippen molar-refractivity contribution in [3.05, 3.63) is 45.6 Å². The summed E-state index contributed by atoms with van der Waals surface area (Å²) in [5, 5.41) is 0. The number of ether oxygens (including phenoxy) is 1. The highest BCUT2D eigenvalue weighted by Crippen LogP contribution is 2.44. The van der Waals surface area contributed by atoms with Crippen LogP contribution in [0.2, 0.25) is 0 Å². The number of hydrogen-bond acceptors (Lipinski definition) is 4. The van der Waals surface area contributed by atoms with Crippen molar-refractivity contribution in [2.24, 2.45) is 10.9 Å². The van der Waals surface area contributed by atoms with Crippen molar-refractivity contribution >= 4 is 33.4 Å². The van der Waals surface area contributed by atoms with Gasteiger partial charge in [0, 0.05) is 33.8 Å². The van der Waals surface area contributed by atoms with E-state index in [1.807, 2.05) is 31.2 Å². The maximum Gasteiger partial charge on any atom is 0.315 e. The second kappa shape index (κ2) is 8.30. The fourth-order valence-electron chi connectivity index (χ4n) is 3.78. The molecule has 1 aromatic rings. The van der Waals surface area contributed by atoms with Gasteiger partial charge >= 0.3 is 5.97 Å². The van der Waals surface area contributed by atoms with E-state index in [9.17, 15) is 9.59 Å². The standard InChI is InChI=1S/C21H24BrNO3/c1-3-4-11-26-21(25)18-13(2)23-16-9-6-10-17(24)20(16)19(18)14-7-5-8-15(22)12-14/h5,7-8,12,18-19H,3-4,6,9-11H2,1-2H3/t18?,19-/m0/s1. The van der Waals surface area contributed by atoms with E-state index in [-0.39, 0.29) is 17.7 Å². The molecule has 5 heteroatoms. The molecule has 4 nitrogen and oxygen atoms in total. The third kappa shape index (κ3) is 3.83. The van der Waals surface area contributed by atoms with Crippen molar-refractivity contribution in [3.8, 4) is 0 Å². The fourth-order valence-corrected chi connectivity index (χ4v) is 4.20. The van der Waals surface area contributed by atoms with Crippen molar-refractivity contribution in [2.45, 2.75) is 51.9 Å². The SMILES string of the molecule is CCCCOC(=O)C1C(C)=NC2=C(C(=O)CCC2)[C@H]1c1cccc(Br)c1. The van der Waals surface area contributed by atoms with Gasteiger partial charge < -0.3 is 4.74 Å². The van der Waals surface area contributed by atoms with Gasteiger partial charge in [0.25, 0.3) is 0 Å². The van der Waals surface area contributed by atoms with Crippen molar-refractivity contribution in [2.75, 3.05) is 6.61 Å². The van der Waals surface area contributed by atoms with Crippen molar-refractivity contribution in [1.29, 1.82) is 0 Å². The molecule has 138 valence electrons. The minimum absolute atomic E-state index is 0.110. The Kier molecular flexibility index (Phi) is 6.07. The summed E-state index contributed by atoms with van der Waals surface area (Å²) in [6, 6.07) is 7.85. The van der Waals surface area contributed by atoms with Crippen molar-refractivity contribution < 1.29 is 14.3 Å². The molecule has 1 aromatic carbocycles. The number of unbranched alkanes of at least 4 members (excludes halogenated alkanes) is 1. The van der Waals surface area contributed by atoms with E-state index in [4.69, 9.17) is 4.74 Å². The van der Waals surface area contributed by atoms with Gasteiger partial charge in [-0.05, 0) is 43.9 Å². The van der Waals surface area contributed by atoms with Crippen LogP contribution in [-0.4, -0.2) is 24.1 Å². The molecular weight excluding hydrogens is 394 g/mol. The Morgan fingerprint density at radius 2 is 2.15 bits per heavy atom.